The summed E-state index contributed by atoms with van der Waals surface area (Å²) in [4.78, 5) is 12.6. The number of carbonyl (C=O) groups excluding carboxylic acids is 1. The van der Waals surface area contributed by atoms with Crippen LogP contribution in [0.15, 0.2) is 76.7 Å². The zero-order chi connectivity index (χ0) is 24.0. The standard InChI is InChI=1S/C22H18Cl2FN3O4S/c1-32-21-11-10-15(23)12-20(21)28(33(30,31)16-6-3-2-4-7-16)14-22(29)27-26-13-17-18(24)8-5-9-19(17)25/h2-13H,14H2,1H3,(H,27,29)/b26-13-. The number of halogens is 3. The van der Waals surface area contributed by atoms with E-state index in [0.717, 1.165) is 10.5 Å². The Bertz CT molecular complexity index is 1270. The van der Waals surface area contributed by atoms with Gasteiger partial charge in [-0.15, -0.1) is 0 Å². The molecule has 11 heteroatoms. The Morgan fingerprint density at radius 1 is 1.12 bits per heavy atom. The van der Waals surface area contributed by atoms with Crippen molar-refractivity contribution in [2.45, 2.75) is 4.90 Å². The number of methoxy groups -OCH3 is 1. The van der Waals surface area contributed by atoms with Crippen LogP contribution in [0, 0.1) is 5.82 Å². The topological polar surface area (TPSA) is 88.1 Å². The first kappa shape index (κ1) is 24.5. The summed E-state index contributed by atoms with van der Waals surface area (Å²) in [6, 6.07) is 16.0. The van der Waals surface area contributed by atoms with E-state index in [1.165, 1.54) is 55.6 Å². The Balaban J connectivity index is 1.93. The number of sulfonamides is 1. The lowest BCUT2D eigenvalue weighted by molar-refractivity contribution is -0.119. The molecule has 0 heterocycles. The van der Waals surface area contributed by atoms with Crippen molar-refractivity contribution in [3.63, 3.8) is 0 Å². The normalized spacial score (nSPS) is 11.4. The lowest BCUT2D eigenvalue weighted by atomic mass is 10.2. The molecular formula is C22H18Cl2FN3O4S. The summed E-state index contributed by atoms with van der Waals surface area (Å²) in [5, 5.41) is 4.04. The summed E-state index contributed by atoms with van der Waals surface area (Å²) < 4.78 is 46.7. The van der Waals surface area contributed by atoms with Gasteiger partial charge in [-0.05, 0) is 42.5 Å². The SMILES string of the molecule is COc1ccc(Cl)cc1N(CC(=O)N/N=C\c1c(F)cccc1Cl)S(=O)(=O)c1ccccc1. The van der Waals surface area contributed by atoms with E-state index in [4.69, 9.17) is 27.9 Å². The summed E-state index contributed by atoms with van der Waals surface area (Å²) in [5.74, 6) is -1.23. The van der Waals surface area contributed by atoms with Crippen molar-refractivity contribution in [1.82, 2.24) is 5.43 Å². The highest BCUT2D eigenvalue weighted by Crippen LogP contribution is 2.34. The molecule has 3 aromatic rings. The quantitative estimate of drug-likeness (QED) is 0.358. The first-order chi connectivity index (χ1) is 15.7. The molecule has 0 aromatic heterocycles. The first-order valence-electron chi connectivity index (χ1n) is 9.41. The molecule has 0 aliphatic rings. The maximum Gasteiger partial charge on any atom is 0.264 e. The van der Waals surface area contributed by atoms with Gasteiger partial charge in [0.15, 0.2) is 0 Å². The molecular weight excluding hydrogens is 492 g/mol. The minimum Gasteiger partial charge on any atom is -0.495 e. The molecule has 0 radical (unpaired) electrons. The molecule has 0 bridgehead atoms. The minimum absolute atomic E-state index is 0.0234. The fourth-order valence-corrected chi connectivity index (χ4v) is 4.67. The van der Waals surface area contributed by atoms with Crippen molar-refractivity contribution in [3.05, 3.63) is 88.2 Å². The van der Waals surface area contributed by atoms with Crippen molar-refractivity contribution in [2.24, 2.45) is 5.10 Å². The van der Waals surface area contributed by atoms with Crippen LogP contribution in [0.2, 0.25) is 10.0 Å². The summed E-state index contributed by atoms with van der Waals surface area (Å²) in [6.07, 6.45) is 1.03. The lowest BCUT2D eigenvalue weighted by Gasteiger charge is -2.25. The van der Waals surface area contributed by atoms with Crippen molar-refractivity contribution >= 4 is 51.0 Å². The van der Waals surface area contributed by atoms with Gasteiger partial charge < -0.3 is 4.74 Å². The lowest BCUT2D eigenvalue weighted by Crippen LogP contribution is -2.39. The van der Waals surface area contributed by atoms with Crippen molar-refractivity contribution < 1.29 is 22.3 Å². The van der Waals surface area contributed by atoms with Crippen molar-refractivity contribution in [2.75, 3.05) is 18.0 Å². The van der Waals surface area contributed by atoms with Crippen LogP contribution in [0.5, 0.6) is 5.75 Å². The smallest absolute Gasteiger partial charge is 0.264 e. The van der Waals surface area contributed by atoms with Gasteiger partial charge in [-0.1, -0.05) is 47.5 Å². The number of carbonyl (C=O) groups is 1. The van der Waals surface area contributed by atoms with E-state index in [0.29, 0.717) is 0 Å². The van der Waals surface area contributed by atoms with Gasteiger partial charge in [0.05, 0.1) is 28.9 Å². The number of hydrogen-bond acceptors (Lipinski definition) is 5. The number of rotatable bonds is 8. The molecule has 0 saturated carbocycles. The fraction of sp³-hybridized carbons (Fsp3) is 0.0909. The van der Waals surface area contributed by atoms with Crippen LogP contribution in [0.1, 0.15) is 5.56 Å². The molecule has 33 heavy (non-hydrogen) atoms. The molecule has 0 atom stereocenters. The van der Waals surface area contributed by atoms with E-state index in [1.54, 1.807) is 18.2 Å². The van der Waals surface area contributed by atoms with Crippen LogP contribution in [-0.4, -0.2) is 34.2 Å². The number of hydrogen-bond donors (Lipinski definition) is 1. The summed E-state index contributed by atoms with van der Waals surface area (Å²) in [6.45, 7) is -0.656. The van der Waals surface area contributed by atoms with Gasteiger partial charge in [0.2, 0.25) is 0 Å². The Morgan fingerprint density at radius 3 is 2.52 bits per heavy atom. The highest BCUT2D eigenvalue weighted by Gasteiger charge is 2.29. The molecule has 7 nitrogen and oxygen atoms in total. The molecule has 1 N–H and O–H groups in total. The second kappa shape index (κ2) is 10.7. The summed E-state index contributed by atoms with van der Waals surface area (Å²) in [5.41, 5.74) is 2.22. The predicted molar refractivity (Wildman–Crippen MR) is 126 cm³/mol. The van der Waals surface area contributed by atoms with Crippen LogP contribution in [0.3, 0.4) is 0 Å². The zero-order valence-electron chi connectivity index (χ0n) is 17.2. The average Bonchev–Trinajstić information content (AvgIpc) is 2.80. The van der Waals surface area contributed by atoms with Gasteiger partial charge in [0, 0.05) is 10.6 Å². The second-order valence-electron chi connectivity index (χ2n) is 6.57. The van der Waals surface area contributed by atoms with Crippen LogP contribution in [0.4, 0.5) is 10.1 Å². The number of hydrazone groups is 1. The highest BCUT2D eigenvalue weighted by atomic mass is 35.5. The van der Waals surface area contributed by atoms with Gasteiger partial charge in [0.25, 0.3) is 15.9 Å². The zero-order valence-corrected chi connectivity index (χ0v) is 19.5. The van der Waals surface area contributed by atoms with E-state index < -0.39 is 28.3 Å². The Labute approximate surface area is 200 Å². The Morgan fingerprint density at radius 2 is 1.85 bits per heavy atom. The average molecular weight is 510 g/mol. The summed E-state index contributed by atoms with van der Waals surface area (Å²) >= 11 is 12.0. The van der Waals surface area contributed by atoms with Crippen LogP contribution in [0.25, 0.3) is 0 Å². The van der Waals surface area contributed by atoms with E-state index in [9.17, 15) is 17.6 Å². The van der Waals surface area contributed by atoms with Gasteiger partial charge in [0.1, 0.15) is 18.1 Å². The molecule has 172 valence electrons. The molecule has 1 amide bonds. The third-order valence-corrected chi connectivity index (χ3v) is 6.75. The number of benzene rings is 3. The molecule has 0 saturated heterocycles. The van der Waals surface area contributed by atoms with E-state index in [-0.39, 0.29) is 31.9 Å². The minimum atomic E-state index is -4.19. The van der Waals surface area contributed by atoms with Gasteiger partial charge in [-0.2, -0.15) is 5.10 Å². The number of amides is 1. The molecule has 0 fully saturated rings. The Hall–Kier alpha value is -3.14. The first-order valence-corrected chi connectivity index (χ1v) is 11.6. The molecule has 0 aliphatic heterocycles. The van der Waals surface area contributed by atoms with E-state index in [1.807, 2.05) is 0 Å². The van der Waals surface area contributed by atoms with E-state index >= 15 is 0 Å². The summed E-state index contributed by atoms with van der Waals surface area (Å²) in [7, 11) is -2.82. The highest BCUT2D eigenvalue weighted by molar-refractivity contribution is 7.92. The molecule has 0 aliphatic carbocycles. The van der Waals surface area contributed by atoms with Gasteiger partial charge in [-0.25, -0.2) is 18.2 Å². The number of anilines is 1. The third kappa shape index (κ3) is 5.81. The van der Waals surface area contributed by atoms with Crippen LogP contribution >= 0.6 is 23.2 Å². The largest absolute Gasteiger partial charge is 0.495 e. The number of nitrogens with zero attached hydrogens (tertiary/aromatic N) is 2. The van der Waals surface area contributed by atoms with Crippen LogP contribution in [-0.2, 0) is 14.8 Å². The number of nitrogens with one attached hydrogen (secondary N) is 1. The molecule has 3 aromatic carbocycles. The second-order valence-corrected chi connectivity index (χ2v) is 9.28. The van der Waals surface area contributed by atoms with Crippen LogP contribution < -0.4 is 14.5 Å². The third-order valence-electron chi connectivity index (χ3n) is 4.41. The number of ether oxygens (including phenoxy) is 1. The maximum atomic E-state index is 13.9. The van der Waals surface area contributed by atoms with Gasteiger partial charge >= 0.3 is 0 Å². The van der Waals surface area contributed by atoms with Gasteiger partial charge in [-0.3, -0.25) is 9.10 Å². The maximum absolute atomic E-state index is 13.9. The monoisotopic (exact) mass is 509 g/mol. The van der Waals surface area contributed by atoms with E-state index in [2.05, 4.69) is 10.5 Å². The fourth-order valence-electron chi connectivity index (χ4n) is 2.85. The molecule has 0 unspecified atom stereocenters. The van der Waals surface area contributed by atoms with Crippen molar-refractivity contribution in [3.8, 4) is 5.75 Å². The Kier molecular flexibility index (Phi) is 7.91. The van der Waals surface area contributed by atoms with Crippen molar-refractivity contribution in [1.29, 1.82) is 0 Å². The predicted octanol–water partition coefficient (Wildman–Crippen LogP) is 4.49. The molecule has 0 spiro atoms. The molecule has 3 rings (SSSR count).